The number of nitrogens with zero attached hydrogens (tertiary/aromatic N) is 2. The number of carbonyl (C=O) groups excluding carboxylic acids is 1. The van der Waals surface area contributed by atoms with E-state index in [1.807, 2.05) is 0 Å². The molecule has 0 radical (unpaired) electrons. The lowest BCUT2D eigenvalue weighted by molar-refractivity contribution is -0.384. The first-order valence-electron chi connectivity index (χ1n) is 7.27. The highest BCUT2D eigenvalue weighted by Gasteiger charge is 2.34. The zero-order valence-corrected chi connectivity index (χ0v) is 12.7. The quantitative estimate of drug-likeness (QED) is 0.606. The summed E-state index contributed by atoms with van der Waals surface area (Å²) in [5.41, 5.74) is 5.28. The van der Waals surface area contributed by atoms with Gasteiger partial charge in [0, 0.05) is 30.9 Å². The molecule has 1 aromatic rings. The fourth-order valence-corrected chi connectivity index (χ4v) is 2.73. The van der Waals surface area contributed by atoms with Crippen LogP contribution in [0.3, 0.4) is 0 Å². The molecule has 24 heavy (non-hydrogen) atoms. The number of amides is 1. The minimum atomic E-state index is -4.22. The van der Waals surface area contributed by atoms with Crippen LogP contribution in [0.15, 0.2) is 18.2 Å². The van der Waals surface area contributed by atoms with Crippen molar-refractivity contribution in [2.75, 3.05) is 31.5 Å². The molecule has 0 aromatic heterocycles. The van der Waals surface area contributed by atoms with Crippen molar-refractivity contribution >= 4 is 17.3 Å². The van der Waals surface area contributed by atoms with E-state index in [-0.39, 0.29) is 17.2 Å². The summed E-state index contributed by atoms with van der Waals surface area (Å²) in [6.07, 6.45) is -3.62. The summed E-state index contributed by atoms with van der Waals surface area (Å²) >= 11 is 0. The summed E-state index contributed by atoms with van der Waals surface area (Å²) in [7, 11) is 0. The molecule has 1 aliphatic rings. The van der Waals surface area contributed by atoms with E-state index >= 15 is 0 Å². The number of rotatable bonds is 6. The predicted molar refractivity (Wildman–Crippen MR) is 80.7 cm³/mol. The summed E-state index contributed by atoms with van der Waals surface area (Å²) in [5, 5.41) is 13.7. The Balaban J connectivity index is 1.97. The Bertz CT molecular complexity index is 636. The van der Waals surface area contributed by atoms with Gasteiger partial charge in [0.05, 0.1) is 17.0 Å². The monoisotopic (exact) mass is 346 g/mol. The second-order valence-corrected chi connectivity index (χ2v) is 5.74. The van der Waals surface area contributed by atoms with Gasteiger partial charge in [-0.15, -0.1) is 0 Å². The van der Waals surface area contributed by atoms with Crippen molar-refractivity contribution in [1.29, 1.82) is 0 Å². The molecule has 0 saturated carbocycles. The van der Waals surface area contributed by atoms with Crippen LogP contribution >= 0.6 is 0 Å². The molecule has 10 heteroatoms. The van der Waals surface area contributed by atoms with Gasteiger partial charge in [-0.25, -0.2) is 0 Å². The van der Waals surface area contributed by atoms with Gasteiger partial charge in [0.2, 0.25) is 0 Å². The molecule has 132 valence electrons. The average Bonchev–Trinajstić information content (AvgIpc) is 2.90. The second kappa shape index (κ2) is 7.04. The van der Waals surface area contributed by atoms with Gasteiger partial charge >= 0.3 is 6.18 Å². The van der Waals surface area contributed by atoms with Crippen LogP contribution in [-0.2, 0) is 0 Å². The van der Waals surface area contributed by atoms with Gasteiger partial charge in [0.1, 0.15) is 0 Å². The van der Waals surface area contributed by atoms with E-state index in [4.69, 9.17) is 5.73 Å². The number of anilines is 1. The first-order valence-corrected chi connectivity index (χ1v) is 7.27. The minimum absolute atomic E-state index is 0.0109. The van der Waals surface area contributed by atoms with E-state index in [0.29, 0.717) is 31.7 Å². The van der Waals surface area contributed by atoms with Gasteiger partial charge in [-0.3, -0.25) is 19.8 Å². The van der Waals surface area contributed by atoms with Crippen LogP contribution in [0.5, 0.6) is 0 Å². The maximum absolute atomic E-state index is 12.4. The minimum Gasteiger partial charge on any atom is -0.384 e. The molecular weight excluding hydrogens is 329 g/mol. The molecule has 1 heterocycles. The van der Waals surface area contributed by atoms with E-state index in [0.717, 1.165) is 6.07 Å². The molecule has 1 atom stereocenters. The number of halogens is 3. The number of non-ortho nitro benzene ring substituents is 1. The highest BCUT2D eigenvalue weighted by molar-refractivity contribution is 5.99. The standard InChI is InChI=1S/C14H17F3N4O3/c15-14(16,17)8-20-4-3-9(7-20)6-19-12-2-1-10(21(23)24)5-11(12)13(18)22/h1-2,5,9,19H,3-4,6-8H2,(H2,18,22)/t9-/m1/s1. The van der Waals surface area contributed by atoms with Crippen LogP contribution < -0.4 is 11.1 Å². The Morgan fingerprint density at radius 1 is 1.46 bits per heavy atom. The Morgan fingerprint density at radius 2 is 2.17 bits per heavy atom. The first kappa shape index (κ1) is 18.0. The molecule has 2 rings (SSSR count). The number of carbonyl (C=O) groups is 1. The lowest BCUT2D eigenvalue weighted by atomic mass is 10.1. The van der Waals surface area contributed by atoms with Gasteiger partial charge in [0.15, 0.2) is 0 Å². The number of hydrogen-bond acceptors (Lipinski definition) is 5. The number of nitrogens with two attached hydrogens (primary N) is 1. The number of nitro groups is 1. The SMILES string of the molecule is NC(=O)c1cc([N+](=O)[O-])ccc1NC[C@H]1CCN(CC(F)(F)F)C1. The Morgan fingerprint density at radius 3 is 2.75 bits per heavy atom. The molecule has 0 aliphatic carbocycles. The van der Waals surface area contributed by atoms with E-state index in [1.54, 1.807) is 0 Å². The van der Waals surface area contributed by atoms with Gasteiger partial charge < -0.3 is 11.1 Å². The fourth-order valence-electron chi connectivity index (χ4n) is 2.73. The zero-order valence-electron chi connectivity index (χ0n) is 12.7. The molecule has 3 N–H and O–H groups in total. The fraction of sp³-hybridized carbons (Fsp3) is 0.500. The smallest absolute Gasteiger partial charge is 0.384 e. The molecule has 1 amide bonds. The Kier molecular flexibility index (Phi) is 5.27. The van der Waals surface area contributed by atoms with E-state index in [1.165, 1.54) is 17.0 Å². The number of alkyl halides is 3. The topological polar surface area (TPSA) is 102 Å². The normalized spacial score (nSPS) is 18.5. The van der Waals surface area contributed by atoms with E-state index in [2.05, 4.69) is 5.32 Å². The zero-order chi connectivity index (χ0) is 17.9. The number of primary amides is 1. The Hall–Kier alpha value is -2.36. The maximum atomic E-state index is 12.4. The van der Waals surface area contributed by atoms with Crippen LogP contribution in [0, 0.1) is 16.0 Å². The molecule has 1 aromatic carbocycles. The first-order chi connectivity index (χ1) is 11.2. The van der Waals surface area contributed by atoms with Gasteiger partial charge in [0.25, 0.3) is 11.6 Å². The lowest BCUT2D eigenvalue weighted by Crippen LogP contribution is -2.33. The highest BCUT2D eigenvalue weighted by Crippen LogP contribution is 2.25. The van der Waals surface area contributed by atoms with Crippen molar-refractivity contribution < 1.29 is 22.9 Å². The third kappa shape index (κ3) is 4.82. The average molecular weight is 346 g/mol. The molecule has 1 aliphatic heterocycles. The molecule has 7 nitrogen and oxygen atoms in total. The molecule has 0 bridgehead atoms. The van der Waals surface area contributed by atoms with Crippen molar-refractivity contribution in [3.05, 3.63) is 33.9 Å². The second-order valence-electron chi connectivity index (χ2n) is 5.74. The molecular formula is C14H17F3N4O3. The van der Waals surface area contributed by atoms with Gasteiger partial charge in [-0.05, 0) is 24.9 Å². The predicted octanol–water partition coefficient (Wildman–Crippen LogP) is 1.99. The maximum Gasteiger partial charge on any atom is 0.401 e. The van der Waals surface area contributed by atoms with E-state index < -0.39 is 23.6 Å². The molecule has 0 spiro atoms. The van der Waals surface area contributed by atoms with Crippen LogP contribution in [0.1, 0.15) is 16.8 Å². The highest BCUT2D eigenvalue weighted by atomic mass is 19.4. The van der Waals surface area contributed by atoms with Crippen molar-refractivity contribution in [1.82, 2.24) is 4.90 Å². The van der Waals surface area contributed by atoms with Crippen molar-refractivity contribution in [2.24, 2.45) is 11.7 Å². The van der Waals surface area contributed by atoms with E-state index in [9.17, 15) is 28.1 Å². The molecule has 0 unspecified atom stereocenters. The summed E-state index contributed by atoms with van der Waals surface area (Å²) in [4.78, 5) is 22.9. The summed E-state index contributed by atoms with van der Waals surface area (Å²) in [6, 6.07) is 3.69. The summed E-state index contributed by atoms with van der Waals surface area (Å²) in [5.74, 6) is -0.824. The largest absolute Gasteiger partial charge is 0.401 e. The molecule has 1 fully saturated rings. The number of nitrogens with one attached hydrogen (secondary N) is 1. The molecule has 1 saturated heterocycles. The Labute approximate surface area is 135 Å². The summed E-state index contributed by atoms with van der Waals surface area (Å²) < 4.78 is 37.1. The number of likely N-dealkylation sites (tertiary alicyclic amines) is 1. The lowest BCUT2D eigenvalue weighted by Gasteiger charge is -2.18. The number of benzene rings is 1. The third-order valence-electron chi connectivity index (χ3n) is 3.83. The summed E-state index contributed by atoms with van der Waals surface area (Å²) in [6.45, 7) is 0.0696. The van der Waals surface area contributed by atoms with Crippen LogP contribution in [-0.4, -0.2) is 48.1 Å². The van der Waals surface area contributed by atoms with Crippen LogP contribution in [0.4, 0.5) is 24.5 Å². The van der Waals surface area contributed by atoms with Crippen molar-refractivity contribution in [3.63, 3.8) is 0 Å². The van der Waals surface area contributed by atoms with Gasteiger partial charge in [-0.2, -0.15) is 13.2 Å². The number of nitro benzene ring substituents is 1. The van der Waals surface area contributed by atoms with Crippen LogP contribution in [0.2, 0.25) is 0 Å². The van der Waals surface area contributed by atoms with Gasteiger partial charge in [-0.1, -0.05) is 0 Å². The number of hydrogen-bond donors (Lipinski definition) is 2. The van der Waals surface area contributed by atoms with Crippen molar-refractivity contribution in [2.45, 2.75) is 12.6 Å². The third-order valence-corrected chi connectivity index (χ3v) is 3.83. The van der Waals surface area contributed by atoms with Crippen molar-refractivity contribution in [3.8, 4) is 0 Å². The van der Waals surface area contributed by atoms with Crippen LogP contribution in [0.25, 0.3) is 0 Å².